The maximum Gasteiger partial charge on any atom is 0.147 e. The Kier molecular flexibility index (Phi) is 4.26. The van der Waals surface area contributed by atoms with Crippen LogP contribution in [0.4, 0.5) is 5.69 Å². The number of nitrogens with zero attached hydrogens (tertiary/aromatic N) is 2. The highest BCUT2D eigenvalue weighted by Gasteiger charge is 2.22. The summed E-state index contributed by atoms with van der Waals surface area (Å²) in [5.41, 5.74) is 0.806. The number of hydroxylamine groups is 2. The lowest BCUT2D eigenvalue weighted by Gasteiger charge is -2.16. The molecule has 1 aromatic rings. The van der Waals surface area contributed by atoms with Gasteiger partial charge >= 0.3 is 0 Å². The molecule has 1 aliphatic heterocycles. The molecule has 0 spiro atoms. The van der Waals surface area contributed by atoms with Crippen molar-refractivity contribution in [2.75, 3.05) is 13.1 Å². The standard InChI is InChI=1S/C13H16N2OS/c1-2-11-7-8-15(9-11)16-13-5-3-12(4-6-13)14-10-17/h3-6,11H,2,7-9H2,1H3. The highest BCUT2D eigenvalue weighted by atomic mass is 32.1. The van der Waals surface area contributed by atoms with Crippen molar-refractivity contribution in [3.63, 3.8) is 0 Å². The summed E-state index contributed by atoms with van der Waals surface area (Å²) in [7, 11) is 0. The van der Waals surface area contributed by atoms with Gasteiger partial charge in [-0.05, 0) is 48.8 Å². The van der Waals surface area contributed by atoms with Gasteiger partial charge in [0, 0.05) is 13.1 Å². The molecule has 0 saturated carbocycles. The maximum absolute atomic E-state index is 5.79. The molecule has 0 bridgehead atoms. The lowest BCUT2D eigenvalue weighted by atomic mass is 10.1. The summed E-state index contributed by atoms with van der Waals surface area (Å²) >= 11 is 4.55. The fourth-order valence-electron chi connectivity index (χ4n) is 2.00. The van der Waals surface area contributed by atoms with Gasteiger partial charge in [0.05, 0.1) is 10.8 Å². The smallest absolute Gasteiger partial charge is 0.147 e. The molecule has 1 unspecified atom stereocenters. The molecule has 0 radical (unpaired) electrons. The zero-order valence-corrected chi connectivity index (χ0v) is 10.7. The Morgan fingerprint density at radius 1 is 1.47 bits per heavy atom. The summed E-state index contributed by atoms with van der Waals surface area (Å²) in [5.74, 6) is 1.62. The SMILES string of the molecule is CCC1CCN(Oc2ccc(N=C=S)cc2)C1. The molecule has 1 aromatic carbocycles. The van der Waals surface area contributed by atoms with Crippen molar-refractivity contribution in [2.24, 2.45) is 10.9 Å². The summed E-state index contributed by atoms with van der Waals surface area (Å²) in [6.45, 7) is 4.26. The minimum atomic E-state index is 0.772. The molecular weight excluding hydrogens is 232 g/mol. The van der Waals surface area contributed by atoms with Crippen molar-refractivity contribution < 1.29 is 4.84 Å². The molecule has 1 saturated heterocycles. The van der Waals surface area contributed by atoms with Crippen LogP contribution in [0.25, 0.3) is 0 Å². The van der Waals surface area contributed by atoms with E-state index in [4.69, 9.17) is 4.84 Å². The van der Waals surface area contributed by atoms with E-state index < -0.39 is 0 Å². The van der Waals surface area contributed by atoms with Crippen LogP contribution in [-0.2, 0) is 0 Å². The van der Waals surface area contributed by atoms with Gasteiger partial charge in [0.25, 0.3) is 0 Å². The van der Waals surface area contributed by atoms with E-state index in [0.29, 0.717) is 0 Å². The molecule has 4 heteroatoms. The first kappa shape index (κ1) is 12.2. The number of rotatable bonds is 4. The van der Waals surface area contributed by atoms with E-state index in [0.717, 1.165) is 30.4 Å². The van der Waals surface area contributed by atoms with Crippen molar-refractivity contribution in [1.82, 2.24) is 5.06 Å². The van der Waals surface area contributed by atoms with Gasteiger partial charge in [0.1, 0.15) is 5.75 Å². The molecule has 3 nitrogen and oxygen atoms in total. The second-order valence-corrected chi connectivity index (χ2v) is 4.42. The third-order valence-corrected chi connectivity index (χ3v) is 3.16. The van der Waals surface area contributed by atoms with Gasteiger partial charge in [0.2, 0.25) is 0 Å². The molecule has 1 heterocycles. The summed E-state index contributed by atoms with van der Waals surface area (Å²) < 4.78 is 0. The predicted octanol–water partition coefficient (Wildman–Crippen LogP) is 3.45. The van der Waals surface area contributed by atoms with Crippen LogP contribution in [0.3, 0.4) is 0 Å². The van der Waals surface area contributed by atoms with Crippen LogP contribution in [0.2, 0.25) is 0 Å². The molecule has 1 atom stereocenters. The molecule has 90 valence electrons. The second kappa shape index (κ2) is 5.92. The van der Waals surface area contributed by atoms with Gasteiger partial charge < -0.3 is 4.84 Å². The fourth-order valence-corrected chi connectivity index (χ4v) is 2.10. The Bertz CT molecular complexity index is 412. The third-order valence-electron chi connectivity index (χ3n) is 3.07. The minimum absolute atomic E-state index is 0.772. The van der Waals surface area contributed by atoms with Gasteiger partial charge in [-0.2, -0.15) is 4.99 Å². The van der Waals surface area contributed by atoms with E-state index in [1.54, 1.807) is 0 Å². The summed E-state index contributed by atoms with van der Waals surface area (Å²) in [6, 6.07) is 7.57. The Hall–Kier alpha value is -1.22. The first-order valence-electron chi connectivity index (χ1n) is 5.92. The Morgan fingerprint density at radius 2 is 2.24 bits per heavy atom. The normalized spacial score (nSPS) is 19.9. The minimum Gasteiger partial charge on any atom is -0.406 e. The number of benzene rings is 1. The lowest BCUT2D eigenvalue weighted by molar-refractivity contribution is -0.0384. The van der Waals surface area contributed by atoms with Crippen molar-refractivity contribution in [3.8, 4) is 5.75 Å². The van der Waals surface area contributed by atoms with Crippen LogP contribution in [0.5, 0.6) is 5.75 Å². The summed E-state index contributed by atoms with van der Waals surface area (Å²) in [4.78, 5) is 9.69. The highest BCUT2D eigenvalue weighted by Crippen LogP contribution is 2.23. The van der Waals surface area contributed by atoms with E-state index in [9.17, 15) is 0 Å². The number of hydrogen-bond donors (Lipinski definition) is 0. The quantitative estimate of drug-likeness (QED) is 0.602. The maximum atomic E-state index is 5.79. The van der Waals surface area contributed by atoms with Crippen LogP contribution in [0.1, 0.15) is 19.8 Å². The average Bonchev–Trinajstić information content (AvgIpc) is 2.80. The van der Waals surface area contributed by atoms with Crippen LogP contribution < -0.4 is 4.84 Å². The predicted molar refractivity (Wildman–Crippen MR) is 71.7 cm³/mol. The summed E-state index contributed by atoms with van der Waals surface area (Å²) in [5, 5.41) is 4.38. The molecule has 0 N–H and O–H groups in total. The zero-order valence-electron chi connectivity index (χ0n) is 9.93. The van der Waals surface area contributed by atoms with E-state index in [-0.39, 0.29) is 0 Å². The van der Waals surface area contributed by atoms with Crippen LogP contribution in [-0.4, -0.2) is 23.3 Å². The number of hydrogen-bond acceptors (Lipinski definition) is 4. The van der Waals surface area contributed by atoms with E-state index >= 15 is 0 Å². The second-order valence-electron chi connectivity index (χ2n) is 4.24. The Labute approximate surface area is 107 Å². The molecule has 17 heavy (non-hydrogen) atoms. The van der Waals surface area contributed by atoms with Crippen molar-refractivity contribution in [3.05, 3.63) is 24.3 Å². The molecule has 2 rings (SSSR count). The van der Waals surface area contributed by atoms with Crippen molar-refractivity contribution >= 4 is 23.1 Å². The first-order valence-corrected chi connectivity index (χ1v) is 6.33. The first-order chi connectivity index (χ1) is 8.31. The van der Waals surface area contributed by atoms with Gasteiger partial charge in [-0.25, -0.2) is 0 Å². The van der Waals surface area contributed by atoms with Gasteiger partial charge in [0.15, 0.2) is 0 Å². The number of thiocarbonyl (C=S) groups is 1. The fraction of sp³-hybridized carbons (Fsp3) is 0.462. The molecule has 0 aliphatic carbocycles. The zero-order chi connectivity index (χ0) is 12.1. The number of isothiocyanates is 1. The highest BCUT2D eigenvalue weighted by molar-refractivity contribution is 7.78. The molecular formula is C13H16N2OS. The average molecular weight is 248 g/mol. The van der Waals surface area contributed by atoms with Crippen molar-refractivity contribution in [1.29, 1.82) is 0 Å². The lowest BCUT2D eigenvalue weighted by Crippen LogP contribution is -2.24. The molecule has 1 aliphatic rings. The van der Waals surface area contributed by atoms with Gasteiger partial charge in [-0.1, -0.05) is 13.3 Å². The molecule has 0 aromatic heterocycles. The Balaban J connectivity index is 1.93. The van der Waals surface area contributed by atoms with E-state index in [1.807, 2.05) is 29.3 Å². The monoisotopic (exact) mass is 248 g/mol. The van der Waals surface area contributed by atoms with Crippen LogP contribution >= 0.6 is 12.2 Å². The molecule has 1 fully saturated rings. The van der Waals surface area contributed by atoms with E-state index in [1.165, 1.54) is 12.8 Å². The largest absolute Gasteiger partial charge is 0.406 e. The molecule has 0 amide bonds. The van der Waals surface area contributed by atoms with Crippen LogP contribution in [0.15, 0.2) is 29.3 Å². The van der Waals surface area contributed by atoms with Crippen LogP contribution in [0, 0.1) is 5.92 Å². The van der Waals surface area contributed by atoms with E-state index in [2.05, 4.69) is 29.3 Å². The van der Waals surface area contributed by atoms with Gasteiger partial charge in [-0.15, -0.1) is 5.06 Å². The van der Waals surface area contributed by atoms with Crippen molar-refractivity contribution in [2.45, 2.75) is 19.8 Å². The summed E-state index contributed by atoms with van der Waals surface area (Å²) in [6.07, 6.45) is 2.45. The Morgan fingerprint density at radius 3 is 2.82 bits per heavy atom. The van der Waals surface area contributed by atoms with Gasteiger partial charge in [-0.3, -0.25) is 0 Å². The third kappa shape index (κ3) is 3.37. The topological polar surface area (TPSA) is 24.8 Å². The number of aliphatic imine (C=N–C) groups is 1.